The summed E-state index contributed by atoms with van der Waals surface area (Å²) in [5, 5.41) is 2.19. The van der Waals surface area contributed by atoms with Crippen LogP contribution in [-0.4, -0.2) is 24.0 Å². The van der Waals surface area contributed by atoms with Gasteiger partial charge < -0.3 is 4.74 Å². The number of amides is 1. The summed E-state index contributed by atoms with van der Waals surface area (Å²) in [4.78, 5) is 27.1. The Kier molecular flexibility index (Phi) is 4.49. The Morgan fingerprint density at radius 1 is 1.33 bits per heavy atom. The first-order chi connectivity index (χ1) is 9.92. The topological polar surface area (TPSA) is 68.3 Å². The molecule has 2 aromatic rings. The highest BCUT2D eigenvalue weighted by atomic mass is 35.5. The number of benzene rings is 1. The van der Waals surface area contributed by atoms with Gasteiger partial charge in [-0.2, -0.15) is 0 Å². The van der Waals surface area contributed by atoms with E-state index in [4.69, 9.17) is 11.6 Å². The van der Waals surface area contributed by atoms with Crippen LogP contribution in [0.25, 0.3) is 0 Å². The van der Waals surface area contributed by atoms with Crippen molar-refractivity contribution in [2.45, 2.75) is 0 Å². The third kappa shape index (κ3) is 3.34. The molecule has 0 radical (unpaired) electrons. The number of ether oxygens (including phenoxy) is 1. The van der Waals surface area contributed by atoms with Gasteiger partial charge in [0.1, 0.15) is 4.88 Å². The summed E-state index contributed by atoms with van der Waals surface area (Å²) >= 11 is 6.56. The Morgan fingerprint density at radius 3 is 2.67 bits per heavy atom. The number of carbonyl (C=O) groups excluding carboxylic acids is 2. The normalized spacial score (nSPS) is 10.3. The maximum atomic E-state index is 13.1. The third-order valence-corrected chi connectivity index (χ3v) is 3.57. The number of methoxy groups -OCH3 is 1. The molecule has 1 aromatic heterocycles. The Labute approximate surface area is 126 Å². The number of aromatic nitrogens is 1. The third-order valence-electron chi connectivity index (χ3n) is 2.37. The Morgan fingerprint density at radius 2 is 2.00 bits per heavy atom. The lowest BCUT2D eigenvalue weighted by Gasteiger charge is -2.04. The zero-order valence-corrected chi connectivity index (χ0v) is 12.0. The zero-order valence-electron chi connectivity index (χ0n) is 10.4. The molecule has 0 saturated carbocycles. The van der Waals surface area contributed by atoms with Crippen LogP contribution < -0.4 is 5.32 Å². The van der Waals surface area contributed by atoms with Crippen LogP contribution in [0.1, 0.15) is 20.0 Å². The number of hydrogen-bond acceptors (Lipinski definition) is 5. The first kappa shape index (κ1) is 15.3. The van der Waals surface area contributed by atoms with E-state index in [-0.39, 0.29) is 20.6 Å². The van der Waals surface area contributed by atoms with Gasteiger partial charge in [0.25, 0.3) is 5.91 Å². The highest BCUT2D eigenvalue weighted by molar-refractivity contribution is 7.17. The molecule has 21 heavy (non-hydrogen) atoms. The molecule has 1 N–H and O–H groups in total. The van der Waals surface area contributed by atoms with Crippen molar-refractivity contribution in [3.05, 3.63) is 45.4 Å². The summed E-state index contributed by atoms with van der Waals surface area (Å²) in [6.45, 7) is 0. The van der Waals surface area contributed by atoms with E-state index in [9.17, 15) is 18.4 Å². The van der Waals surface area contributed by atoms with Crippen LogP contribution in [0, 0.1) is 11.6 Å². The number of carbonyl (C=O) groups is 2. The molecule has 1 amide bonds. The molecule has 1 aromatic carbocycles. The molecule has 0 fully saturated rings. The summed E-state index contributed by atoms with van der Waals surface area (Å²) in [5.41, 5.74) is -0.245. The number of esters is 1. The van der Waals surface area contributed by atoms with Crippen LogP contribution >= 0.6 is 22.9 Å². The standard InChI is InChI=1S/C12H7ClF2N2O3S/c1-20-11(19)9-4-16-12(21-9)17-10(18)5-2-7(14)8(15)3-6(5)13/h2-4H,1H3,(H,16,17,18). The summed E-state index contributed by atoms with van der Waals surface area (Å²) in [7, 11) is 1.21. The van der Waals surface area contributed by atoms with Gasteiger partial charge in [-0.25, -0.2) is 18.6 Å². The molecule has 9 heteroatoms. The van der Waals surface area contributed by atoms with Crippen molar-refractivity contribution >= 4 is 39.9 Å². The Bertz CT molecular complexity index is 721. The average Bonchev–Trinajstić information content (AvgIpc) is 2.90. The lowest BCUT2D eigenvalue weighted by atomic mass is 10.2. The van der Waals surface area contributed by atoms with E-state index in [0.29, 0.717) is 12.1 Å². The molecular formula is C12H7ClF2N2O3S. The number of nitrogens with one attached hydrogen (secondary N) is 1. The van der Waals surface area contributed by atoms with E-state index in [0.717, 1.165) is 11.3 Å². The molecule has 1 heterocycles. The van der Waals surface area contributed by atoms with E-state index < -0.39 is 23.5 Å². The Hall–Kier alpha value is -2.06. The van der Waals surface area contributed by atoms with Gasteiger partial charge in [0, 0.05) is 0 Å². The van der Waals surface area contributed by atoms with Gasteiger partial charge >= 0.3 is 5.97 Å². The van der Waals surface area contributed by atoms with Crippen molar-refractivity contribution < 1.29 is 23.1 Å². The van der Waals surface area contributed by atoms with Crippen molar-refractivity contribution in [2.24, 2.45) is 0 Å². The maximum Gasteiger partial charge on any atom is 0.349 e. The lowest BCUT2D eigenvalue weighted by molar-refractivity contribution is 0.0606. The van der Waals surface area contributed by atoms with Crippen LogP contribution in [0.3, 0.4) is 0 Å². The molecule has 5 nitrogen and oxygen atoms in total. The first-order valence-electron chi connectivity index (χ1n) is 5.42. The van der Waals surface area contributed by atoms with Gasteiger partial charge in [-0.1, -0.05) is 22.9 Å². The fourth-order valence-electron chi connectivity index (χ4n) is 1.39. The second kappa shape index (κ2) is 6.15. The molecule has 0 spiro atoms. The average molecular weight is 333 g/mol. The van der Waals surface area contributed by atoms with Gasteiger partial charge in [0.15, 0.2) is 16.8 Å². The van der Waals surface area contributed by atoms with Crippen molar-refractivity contribution in [2.75, 3.05) is 12.4 Å². The fraction of sp³-hybridized carbons (Fsp3) is 0.0833. The molecular weight excluding hydrogens is 326 g/mol. The van der Waals surface area contributed by atoms with Crippen molar-refractivity contribution in [3.8, 4) is 0 Å². The van der Waals surface area contributed by atoms with Crippen molar-refractivity contribution in [1.82, 2.24) is 4.98 Å². The van der Waals surface area contributed by atoms with Crippen molar-refractivity contribution in [3.63, 3.8) is 0 Å². The molecule has 0 bridgehead atoms. The van der Waals surface area contributed by atoms with Gasteiger partial charge in [-0.05, 0) is 12.1 Å². The minimum absolute atomic E-state index is 0.0983. The molecule has 0 unspecified atom stereocenters. The van der Waals surface area contributed by atoms with Crippen LogP contribution in [0.4, 0.5) is 13.9 Å². The zero-order chi connectivity index (χ0) is 15.6. The second-order valence-corrected chi connectivity index (χ2v) is 5.16. The summed E-state index contributed by atoms with van der Waals surface area (Å²) < 4.78 is 30.5. The highest BCUT2D eigenvalue weighted by Crippen LogP contribution is 2.23. The molecule has 0 aliphatic carbocycles. The predicted molar refractivity (Wildman–Crippen MR) is 72.8 cm³/mol. The summed E-state index contributed by atoms with van der Waals surface area (Å²) in [6.07, 6.45) is 1.22. The minimum atomic E-state index is -1.20. The molecule has 0 aliphatic heterocycles. The number of nitrogens with zero attached hydrogens (tertiary/aromatic N) is 1. The summed E-state index contributed by atoms with van der Waals surface area (Å²) in [5.74, 6) is -3.72. The van der Waals surface area contributed by atoms with E-state index >= 15 is 0 Å². The lowest BCUT2D eigenvalue weighted by Crippen LogP contribution is -2.13. The number of hydrogen-bond donors (Lipinski definition) is 1. The van der Waals surface area contributed by atoms with Crippen LogP contribution in [0.5, 0.6) is 0 Å². The fourth-order valence-corrected chi connectivity index (χ4v) is 2.35. The summed E-state index contributed by atoms with van der Waals surface area (Å²) in [6, 6.07) is 1.38. The Balaban J connectivity index is 2.20. The molecule has 0 atom stereocenters. The van der Waals surface area contributed by atoms with Crippen molar-refractivity contribution in [1.29, 1.82) is 0 Å². The van der Waals surface area contributed by atoms with E-state index in [1.54, 1.807) is 0 Å². The quantitative estimate of drug-likeness (QED) is 0.692. The second-order valence-electron chi connectivity index (χ2n) is 3.72. The largest absolute Gasteiger partial charge is 0.465 e. The number of thiazole rings is 1. The smallest absolute Gasteiger partial charge is 0.349 e. The molecule has 0 aliphatic rings. The monoisotopic (exact) mass is 332 g/mol. The molecule has 2 rings (SSSR count). The predicted octanol–water partition coefficient (Wildman–Crippen LogP) is 3.11. The minimum Gasteiger partial charge on any atom is -0.465 e. The van der Waals surface area contributed by atoms with Gasteiger partial charge in [0.2, 0.25) is 0 Å². The van der Waals surface area contributed by atoms with Crippen LogP contribution in [-0.2, 0) is 4.74 Å². The van der Waals surface area contributed by atoms with Gasteiger partial charge in [-0.15, -0.1) is 0 Å². The number of anilines is 1. The van der Waals surface area contributed by atoms with E-state index in [2.05, 4.69) is 15.0 Å². The molecule has 0 saturated heterocycles. The number of halogens is 3. The maximum absolute atomic E-state index is 13.1. The highest BCUT2D eigenvalue weighted by Gasteiger charge is 2.17. The SMILES string of the molecule is COC(=O)c1cnc(NC(=O)c2cc(F)c(F)cc2Cl)s1. The van der Waals surface area contributed by atoms with Crippen LogP contribution in [0.2, 0.25) is 5.02 Å². The molecule has 110 valence electrons. The van der Waals surface area contributed by atoms with Crippen LogP contribution in [0.15, 0.2) is 18.3 Å². The van der Waals surface area contributed by atoms with E-state index in [1.807, 2.05) is 0 Å². The van der Waals surface area contributed by atoms with Gasteiger partial charge in [0.05, 0.1) is 23.9 Å². The van der Waals surface area contributed by atoms with E-state index in [1.165, 1.54) is 13.3 Å². The van der Waals surface area contributed by atoms with Gasteiger partial charge in [-0.3, -0.25) is 10.1 Å². The first-order valence-corrected chi connectivity index (χ1v) is 6.62. The number of rotatable bonds is 3.